The van der Waals surface area contributed by atoms with Crippen LogP contribution in [-0.4, -0.2) is 50.2 Å². The van der Waals surface area contributed by atoms with Crippen LogP contribution in [0.25, 0.3) is 0 Å². The van der Waals surface area contributed by atoms with Crippen LogP contribution in [0.1, 0.15) is 25.7 Å². The highest BCUT2D eigenvalue weighted by molar-refractivity contribution is 5.79. The van der Waals surface area contributed by atoms with Gasteiger partial charge in [-0.15, -0.1) is 0 Å². The third kappa shape index (κ3) is 2.74. The zero-order chi connectivity index (χ0) is 11.4. The zero-order valence-corrected chi connectivity index (χ0v) is 10.1. The van der Waals surface area contributed by atoms with Gasteiger partial charge in [-0.05, 0) is 32.2 Å². The summed E-state index contributed by atoms with van der Waals surface area (Å²) in [7, 11) is 1.95. The molecule has 0 bridgehead atoms. The van der Waals surface area contributed by atoms with Gasteiger partial charge < -0.3 is 15.0 Å². The van der Waals surface area contributed by atoms with Crippen molar-refractivity contribution in [3.8, 4) is 0 Å². The van der Waals surface area contributed by atoms with E-state index in [1.165, 1.54) is 0 Å². The summed E-state index contributed by atoms with van der Waals surface area (Å²) in [6.07, 6.45) is 4.14. The molecule has 2 saturated heterocycles. The van der Waals surface area contributed by atoms with Crippen molar-refractivity contribution in [2.75, 3.05) is 33.4 Å². The molecule has 1 amide bonds. The monoisotopic (exact) mass is 226 g/mol. The van der Waals surface area contributed by atoms with Gasteiger partial charge in [-0.25, -0.2) is 0 Å². The molecule has 0 aromatic heterocycles. The van der Waals surface area contributed by atoms with E-state index in [1.54, 1.807) is 0 Å². The number of amides is 1. The van der Waals surface area contributed by atoms with Gasteiger partial charge in [0.15, 0.2) is 0 Å². The molecule has 4 nitrogen and oxygen atoms in total. The molecule has 0 aliphatic carbocycles. The largest absolute Gasteiger partial charge is 0.381 e. The second kappa shape index (κ2) is 5.64. The average molecular weight is 226 g/mol. The third-order valence-electron chi connectivity index (χ3n) is 3.73. The molecule has 2 fully saturated rings. The van der Waals surface area contributed by atoms with E-state index in [1.807, 2.05) is 11.9 Å². The Morgan fingerprint density at radius 2 is 2.06 bits per heavy atom. The van der Waals surface area contributed by atoms with Gasteiger partial charge in [0, 0.05) is 32.8 Å². The van der Waals surface area contributed by atoms with Crippen molar-refractivity contribution in [2.45, 2.75) is 31.7 Å². The van der Waals surface area contributed by atoms with E-state index in [2.05, 4.69) is 5.32 Å². The highest BCUT2D eigenvalue weighted by Gasteiger charge is 2.28. The Morgan fingerprint density at radius 1 is 1.31 bits per heavy atom. The van der Waals surface area contributed by atoms with Gasteiger partial charge in [0.25, 0.3) is 0 Å². The maximum absolute atomic E-state index is 12.2. The topological polar surface area (TPSA) is 41.6 Å². The summed E-state index contributed by atoms with van der Waals surface area (Å²) in [4.78, 5) is 14.2. The molecule has 4 heteroatoms. The summed E-state index contributed by atoms with van der Waals surface area (Å²) in [5.74, 6) is 0.515. The first-order valence-corrected chi connectivity index (χ1v) is 6.34. The Labute approximate surface area is 97.3 Å². The molecule has 2 heterocycles. The molecule has 2 aliphatic heterocycles. The van der Waals surface area contributed by atoms with Crippen molar-refractivity contribution < 1.29 is 9.53 Å². The number of carbonyl (C=O) groups is 1. The van der Waals surface area contributed by atoms with Gasteiger partial charge in [0.2, 0.25) is 5.91 Å². The second-order valence-electron chi connectivity index (χ2n) is 4.84. The lowest BCUT2D eigenvalue weighted by Crippen LogP contribution is -2.47. The Bertz CT molecular complexity index is 233. The van der Waals surface area contributed by atoms with Crippen LogP contribution >= 0.6 is 0 Å². The Hall–Kier alpha value is -0.610. The van der Waals surface area contributed by atoms with Crippen LogP contribution in [0.5, 0.6) is 0 Å². The molecule has 0 radical (unpaired) electrons. The Kier molecular flexibility index (Phi) is 4.18. The quantitative estimate of drug-likeness (QED) is 0.750. The Balaban J connectivity index is 1.86. The molecule has 2 aliphatic rings. The lowest BCUT2D eigenvalue weighted by Gasteiger charge is -2.34. The minimum Gasteiger partial charge on any atom is -0.381 e. The third-order valence-corrected chi connectivity index (χ3v) is 3.73. The van der Waals surface area contributed by atoms with Crippen molar-refractivity contribution in [1.82, 2.24) is 10.2 Å². The molecular formula is C12H22N2O2. The van der Waals surface area contributed by atoms with Gasteiger partial charge in [-0.1, -0.05) is 0 Å². The maximum atomic E-state index is 12.2. The van der Waals surface area contributed by atoms with Gasteiger partial charge in [-0.2, -0.15) is 0 Å². The minimum atomic E-state index is 0.196. The smallest absolute Gasteiger partial charge is 0.226 e. The molecule has 1 N–H and O–H groups in total. The molecule has 92 valence electrons. The first kappa shape index (κ1) is 11.9. The van der Waals surface area contributed by atoms with Crippen LogP contribution in [-0.2, 0) is 9.53 Å². The number of piperidine rings is 1. The SMILES string of the molecule is CN(C(=O)[C@@H]1CCCNC1)C1CCOCC1. The number of rotatable bonds is 2. The highest BCUT2D eigenvalue weighted by atomic mass is 16.5. The van der Waals surface area contributed by atoms with E-state index in [9.17, 15) is 4.79 Å². The summed E-state index contributed by atoms with van der Waals surface area (Å²) in [6, 6.07) is 0.392. The lowest BCUT2D eigenvalue weighted by atomic mass is 9.96. The molecule has 1 atom stereocenters. The molecule has 16 heavy (non-hydrogen) atoms. The van der Waals surface area contributed by atoms with Crippen LogP contribution in [0.4, 0.5) is 0 Å². The van der Waals surface area contributed by atoms with E-state index in [0.717, 1.165) is 52.0 Å². The highest BCUT2D eigenvalue weighted by Crippen LogP contribution is 2.18. The van der Waals surface area contributed by atoms with Gasteiger partial charge in [-0.3, -0.25) is 4.79 Å². The van der Waals surface area contributed by atoms with Crippen LogP contribution in [0.15, 0.2) is 0 Å². The van der Waals surface area contributed by atoms with Crippen molar-refractivity contribution in [2.24, 2.45) is 5.92 Å². The van der Waals surface area contributed by atoms with Crippen molar-refractivity contribution >= 4 is 5.91 Å². The van der Waals surface area contributed by atoms with E-state index in [0.29, 0.717) is 11.9 Å². The van der Waals surface area contributed by atoms with Crippen LogP contribution in [0.2, 0.25) is 0 Å². The first-order valence-electron chi connectivity index (χ1n) is 6.34. The van der Waals surface area contributed by atoms with Crippen molar-refractivity contribution in [3.05, 3.63) is 0 Å². The summed E-state index contributed by atoms with van der Waals surface area (Å²) < 4.78 is 5.32. The number of nitrogens with one attached hydrogen (secondary N) is 1. The van der Waals surface area contributed by atoms with Crippen LogP contribution in [0.3, 0.4) is 0 Å². The molecule has 0 saturated carbocycles. The second-order valence-corrected chi connectivity index (χ2v) is 4.84. The summed E-state index contributed by atoms with van der Waals surface area (Å²) in [5, 5.41) is 3.30. The number of hydrogen-bond acceptors (Lipinski definition) is 3. The standard InChI is InChI=1S/C12H22N2O2/c1-14(11-4-7-16-8-5-11)12(15)10-3-2-6-13-9-10/h10-11,13H,2-9H2,1H3/t10-/m1/s1. The summed E-state index contributed by atoms with van der Waals surface area (Å²) in [6.45, 7) is 3.51. The van der Waals surface area contributed by atoms with Gasteiger partial charge in [0.05, 0.1) is 5.92 Å². The van der Waals surface area contributed by atoms with Crippen molar-refractivity contribution in [1.29, 1.82) is 0 Å². The fourth-order valence-corrected chi connectivity index (χ4v) is 2.60. The Morgan fingerprint density at radius 3 is 2.69 bits per heavy atom. The fourth-order valence-electron chi connectivity index (χ4n) is 2.60. The molecule has 0 aromatic carbocycles. The van der Waals surface area contributed by atoms with E-state index in [-0.39, 0.29) is 5.92 Å². The van der Waals surface area contributed by atoms with Crippen LogP contribution < -0.4 is 5.32 Å². The van der Waals surface area contributed by atoms with Gasteiger partial charge in [0.1, 0.15) is 0 Å². The van der Waals surface area contributed by atoms with E-state index in [4.69, 9.17) is 4.74 Å². The number of nitrogens with zero attached hydrogens (tertiary/aromatic N) is 1. The minimum absolute atomic E-state index is 0.196. The van der Waals surface area contributed by atoms with Gasteiger partial charge >= 0.3 is 0 Å². The predicted octanol–water partition coefficient (Wildman–Crippen LogP) is 0.623. The average Bonchev–Trinajstić information content (AvgIpc) is 2.39. The van der Waals surface area contributed by atoms with Crippen molar-refractivity contribution in [3.63, 3.8) is 0 Å². The molecule has 2 rings (SSSR count). The summed E-state index contributed by atoms with van der Waals surface area (Å²) >= 11 is 0. The zero-order valence-electron chi connectivity index (χ0n) is 10.1. The molecular weight excluding hydrogens is 204 g/mol. The molecule has 0 unspecified atom stereocenters. The predicted molar refractivity (Wildman–Crippen MR) is 62.2 cm³/mol. The van der Waals surface area contributed by atoms with E-state index < -0.39 is 0 Å². The molecule has 0 spiro atoms. The number of hydrogen-bond donors (Lipinski definition) is 1. The normalized spacial score (nSPS) is 27.7. The number of carbonyl (C=O) groups excluding carboxylic acids is 1. The number of ether oxygens (including phenoxy) is 1. The lowest BCUT2D eigenvalue weighted by molar-refractivity contribution is -0.138. The first-order chi connectivity index (χ1) is 7.79. The molecule has 0 aromatic rings. The van der Waals surface area contributed by atoms with E-state index >= 15 is 0 Å². The van der Waals surface area contributed by atoms with Crippen LogP contribution in [0, 0.1) is 5.92 Å². The maximum Gasteiger partial charge on any atom is 0.226 e. The summed E-state index contributed by atoms with van der Waals surface area (Å²) in [5.41, 5.74) is 0. The fraction of sp³-hybridized carbons (Fsp3) is 0.917.